The van der Waals surface area contributed by atoms with Gasteiger partial charge in [0.2, 0.25) is 0 Å². The van der Waals surface area contributed by atoms with Crippen LogP contribution in [0.25, 0.3) is 0 Å². The van der Waals surface area contributed by atoms with E-state index in [0.717, 1.165) is 56.0 Å². The van der Waals surface area contributed by atoms with Crippen LogP contribution in [0.1, 0.15) is 213 Å². The Kier molecular flexibility index (Phi) is 36.0. The minimum atomic E-state index is -4.60. The Morgan fingerprint density at radius 2 is 0.887 bits per heavy atom. The number of nitrogens with zero attached hydrogens (tertiary/aromatic N) is 1. The van der Waals surface area contributed by atoms with E-state index in [-0.39, 0.29) is 32.0 Å². The molecule has 0 heterocycles. The molecule has 2 unspecified atom stereocenters. The van der Waals surface area contributed by atoms with Crippen molar-refractivity contribution in [2.75, 3.05) is 47.5 Å². The van der Waals surface area contributed by atoms with E-state index < -0.39 is 26.5 Å². The number of phosphoric ester groups is 1. The minimum Gasteiger partial charge on any atom is -0.756 e. The molecule has 9 nitrogen and oxygen atoms in total. The normalized spacial score (nSPS) is 13.5. The van der Waals surface area contributed by atoms with E-state index in [9.17, 15) is 19.0 Å². The van der Waals surface area contributed by atoms with Crippen LogP contribution in [0, 0.1) is 0 Å². The number of hydrogen-bond donors (Lipinski definition) is 0. The lowest BCUT2D eigenvalue weighted by Crippen LogP contribution is -2.35. The van der Waals surface area contributed by atoms with E-state index in [2.05, 4.69) is 35.0 Å². The number of ether oxygens (including phenoxy) is 2. The van der Waals surface area contributed by atoms with Crippen molar-refractivity contribution in [1.82, 2.24) is 0 Å². The standard InChI is InChI=1S/C43H86NO8P/c1-6-8-10-12-14-16-18-20-22-24-26-28-31-35-42(45)49-39-41(40-51-53(47,48)50-38-34-30-33-37-44(3,4)5)52-43(46)36-32-29-27-25-23-21-19-17-15-13-11-9-7-2/h41H,6-40H2,1-5H3. The van der Waals surface area contributed by atoms with Crippen LogP contribution in [0.5, 0.6) is 0 Å². The molecule has 0 saturated carbocycles. The quantitative estimate of drug-likeness (QED) is 0.0261. The number of carbonyl (C=O) groups is 2. The molecule has 0 aromatic carbocycles. The van der Waals surface area contributed by atoms with Crippen LogP contribution in [0.3, 0.4) is 0 Å². The van der Waals surface area contributed by atoms with Crippen molar-refractivity contribution < 1.29 is 42.1 Å². The van der Waals surface area contributed by atoms with Gasteiger partial charge in [0.1, 0.15) is 6.61 Å². The van der Waals surface area contributed by atoms with Gasteiger partial charge in [-0.05, 0) is 32.1 Å². The average Bonchev–Trinajstić information content (AvgIpc) is 3.11. The van der Waals surface area contributed by atoms with Crippen LogP contribution in [0.2, 0.25) is 0 Å². The number of quaternary nitrogens is 1. The fourth-order valence-corrected chi connectivity index (χ4v) is 7.22. The highest BCUT2D eigenvalue weighted by molar-refractivity contribution is 7.45. The van der Waals surface area contributed by atoms with Gasteiger partial charge in [0, 0.05) is 12.8 Å². The first-order valence-corrected chi connectivity index (χ1v) is 23.7. The maximum absolute atomic E-state index is 12.7. The van der Waals surface area contributed by atoms with Crippen LogP contribution >= 0.6 is 7.82 Å². The zero-order valence-corrected chi connectivity index (χ0v) is 36.4. The first kappa shape index (κ1) is 52.0. The second-order valence-electron chi connectivity index (χ2n) is 16.4. The van der Waals surface area contributed by atoms with Crippen molar-refractivity contribution in [3.05, 3.63) is 0 Å². The second-order valence-corrected chi connectivity index (χ2v) is 17.8. The van der Waals surface area contributed by atoms with Crippen molar-refractivity contribution in [2.45, 2.75) is 219 Å². The summed E-state index contributed by atoms with van der Waals surface area (Å²) in [7, 11) is 1.76. The Morgan fingerprint density at radius 1 is 0.509 bits per heavy atom. The van der Waals surface area contributed by atoms with Gasteiger partial charge in [-0.2, -0.15) is 0 Å². The number of rotatable bonds is 41. The molecule has 0 aromatic rings. The third kappa shape index (κ3) is 40.5. The Labute approximate surface area is 327 Å². The van der Waals surface area contributed by atoms with Crippen molar-refractivity contribution in [3.63, 3.8) is 0 Å². The molecule has 53 heavy (non-hydrogen) atoms. The summed E-state index contributed by atoms with van der Waals surface area (Å²) in [5, 5.41) is 0. The minimum absolute atomic E-state index is 0.0372. The molecule has 0 spiro atoms. The zero-order chi connectivity index (χ0) is 39.3. The summed E-state index contributed by atoms with van der Waals surface area (Å²) in [6.07, 6.45) is 33.6. The molecule has 0 amide bonds. The molecule has 0 saturated heterocycles. The maximum Gasteiger partial charge on any atom is 0.306 e. The van der Waals surface area contributed by atoms with E-state index in [1.165, 1.54) is 128 Å². The molecular formula is C43H86NO8P. The third-order valence-electron chi connectivity index (χ3n) is 9.84. The van der Waals surface area contributed by atoms with Crippen LogP contribution in [-0.2, 0) is 32.7 Å². The Hall–Kier alpha value is -0.990. The number of esters is 2. The van der Waals surface area contributed by atoms with Gasteiger partial charge in [0.15, 0.2) is 6.10 Å². The van der Waals surface area contributed by atoms with Crippen molar-refractivity contribution in [2.24, 2.45) is 0 Å². The molecule has 0 radical (unpaired) electrons. The SMILES string of the molecule is CCCCCCCCCCCCCCCC(=O)OCC(COP(=O)([O-])OCCCCC[N+](C)(C)C)OC(=O)CCCCCCCCCCCCCCC. The molecule has 0 fully saturated rings. The van der Waals surface area contributed by atoms with Crippen LogP contribution < -0.4 is 4.89 Å². The number of carbonyl (C=O) groups excluding carboxylic acids is 2. The van der Waals surface area contributed by atoms with Gasteiger partial charge in [-0.25, -0.2) is 0 Å². The van der Waals surface area contributed by atoms with Crippen LogP contribution in [0.15, 0.2) is 0 Å². The lowest BCUT2D eigenvalue weighted by atomic mass is 10.0. The molecule has 0 bridgehead atoms. The van der Waals surface area contributed by atoms with Gasteiger partial charge < -0.3 is 27.9 Å². The summed E-state index contributed by atoms with van der Waals surface area (Å²) in [5.41, 5.74) is 0. The maximum atomic E-state index is 12.7. The molecule has 10 heteroatoms. The first-order chi connectivity index (χ1) is 25.5. The molecule has 0 rings (SSSR count). The van der Waals surface area contributed by atoms with Crippen molar-refractivity contribution in [3.8, 4) is 0 Å². The molecule has 0 aromatic heterocycles. The number of unbranched alkanes of at least 4 members (excludes halogenated alkanes) is 26. The highest BCUT2D eigenvalue weighted by Gasteiger charge is 2.21. The van der Waals surface area contributed by atoms with Crippen LogP contribution in [0.4, 0.5) is 0 Å². The topological polar surface area (TPSA) is 111 Å². The lowest BCUT2D eigenvalue weighted by molar-refractivity contribution is -0.870. The molecule has 0 aliphatic heterocycles. The monoisotopic (exact) mass is 776 g/mol. The second kappa shape index (κ2) is 36.6. The predicted octanol–water partition coefficient (Wildman–Crippen LogP) is 11.8. The zero-order valence-electron chi connectivity index (χ0n) is 35.5. The summed E-state index contributed by atoms with van der Waals surface area (Å²) >= 11 is 0. The number of phosphoric acid groups is 1. The molecule has 2 atom stereocenters. The van der Waals surface area contributed by atoms with Gasteiger partial charge >= 0.3 is 11.9 Å². The van der Waals surface area contributed by atoms with Gasteiger partial charge in [-0.1, -0.05) is 168 Å². The largest absolute Gasteiger partial charge is 0.756 e. The van der Waals surface area contributed by atoms with Crippen molar-refractivity contribution >= 4 is 19.8 Å². The Bertz CT molecular complexity index is 881. The number of hydrogen-bond acceptors (Lipinski definition) is 8. The van der Waals surface area contributed by atoms with Gasteiger partial charge in [-0.3, -0.25) is 14.2 Å². The van der Waals surface area contributed by atoms with E-state index in [0.29, 0.717) is 12.8 Å². The lowest BCUT2D eigenvalue weighted by Gasteiger charge is -2.26. The molecule has 316 valence electrons. The van der Waals surface area contributed by atoms with E-state index in [1.54, 1.807) is 0 Å². The first-order valence-electron chi connectivity index (χ1n) is 22.2. The summed E-state index contributed by atoms with van der Waals surface area (Å²) in [6.45, 7) is 4.84. The average molecular weight is 776 g/mol. The van der Waals surface area contributed by atoms with Crippen molar-refractivity contribution in [1.29, 1.82) is 0 Å². The van der Waals surface area contributed by atoms with Gasteiger partial charge in [0.05, 0.1) is 40.9 Å². The summed E-state index contributed by atoms with van der Waals surface area (Å²) in [6, 6.07) is 0. The van der Waals surface area contributed by atoms with E-state index in [1.807, 2.05) is 0 Å². The molecule has 0 aliphatic rings. The van der Waals surface area contributed by atoms with E-state index >= 15 is 0 Å². The van der Waals surface area contributed by atoms with Crippen LogP contribution in [-0.4, -0.2) is 70.0 Å². The van der Waals surface area contributed by atoms with E-state index in [4.69, 9.17) is 18.5 Å². The molecule has 0 N–H and O–H groups in total. The molecular weight excluding hydrogens is 689 g/mol. The Balaban J connectivity index is 4.44. The fourth-order valence-electron chi connectivity index (χ4n) is 6.45. The summed E-state index contributed by atoms with van der Waals surface area (Å²) in [4.78, 5) is 37.6. The summed E-state index contributed by atoms with van der Waals surface area (Å²) in [5.74, 6) is -0.811. The highest BCUT2D eigenvalue weighted by Crippen LogP contribution is 2.38. The molecule has 0 aliphatic carbocycles. The summed E-state index contributed by atoms with van der Waals surface area (Å²) < 4.78 is 34.4. The highest BCUT2D eigenvalue weighted by atomic mass is 31.2. The Morgan fingerprint density at radius 3 is 1.30 bits per heavy atom. The fraction of sp³-hybridized carbons (Fsp3) is 0.953. The smallest absolute Gasteiger partial charge is 0.306 e. The van der Waals surface area contributed by atoms with Gasteiger partial charge in [0.25, 0.3) is 7.82 Å². The third-order valence-corrected chi connectivity index (χ3v) is 10.8. The van der Waals surface area contributed by atoms with Gasteiger partial charge in [-0.15, -0.1) is 0 Å². The predicted molar refractivity (Wildman–Crippen MR) is 218 cm³/mol.